The first kappa shape index (κ1) is 16.7. The molecule has 0 unspecified atom stereocenters. The number of nitrogens with one attached hydrogen (secondary N) is 1. The van der Waals surface area contributed by atoms with Gasteiger partial charge in [0.1, 0.15) is 5.76 Å². The number of carbonyl (C=O) groups excluding carboxylic acids is 2. The Morgan fingerprint density at radius 2 is 2.12 bits per heavy atom. The van der Waals surface area contributed by atoms with Gasteiger partial charge in [0.2, 0.25) is 5.91 Å². The lowest BCUT2D eigenvalue weighted by Crippen LogP contribution is -2.26. The van der Waals surface area contributed by atoms with Crippen molar-refractivity contribution in [2.75, 3.05) is 0 Å². The van der Waals surface area contributed by atoms with Gasteiger partial charge < -0.3 is 9.73 Å². The normalized spacial score (nSPS) is 19.1. The predicted octanol–water partition coefficient (Wildman–Crippen LogP) is 3.24. The van der Waals surface area contributed by atoms with Crippen LogP contribution in [0.25, 0.3) is 0 Å². The largest absolute Gasteiger partial charge is 0.463 e. The summed E-state index contributed by atoms with van der Waals surface area (Å²) < 4.78 is 5.99. The first-order valence-electron chi connectivity index (χ1n) is 7.02. The second-order valence-electron chi connectivity index (χ2n) is 4.90. The van der Waals surface area contributed by atoms with Crippen LogP contribution in [-0.2, 0) is 4.79 Å². The van der Waals surface area contributed by atoms with E-state index in [1.54, 1.807) is 36.4 Å². The average molecular weight is 406 g/mol. The molecule has 1 aliphatic heterocycles. The van der Waals surface area contributed by atoms with Gasteiger partial charge in [-0.1, -0.05) is 39.8 Å². The highest BCUT2D eigenvalue weighted by atomic mass is 79.9. The number of carbonyl (C=O) groups is 2. The molecule has 1 aromatic heterocycles. The SMILES string of the molecule is O=C(C[C@H]1S/C(=N\N=C/c2ccco2)NC1=O)c1ccc(Br)cc1. The fourth-order valence-electron chi connectivity index (χ4n) is 2.01. The number of hydrogen-bond donors (Lipinski definition) is 1. The molecule has 122 valence electrons. The third-order valence-electron chi connectivity index (χ3n) is 3.19. The first-order chi connectivity index (χ1) is 11.6. The monoisotopic (exact) mass is 405 g/mol. The number of thioether (sulfide) groups is 1. The molecule has 1 N–H and O–H groups in total. The summed E-state index contributed by atoms with van der Waals surface area (Å²) in [6.45, 7) is 0. The zero-order valence-corrected chi connectivity index (χ0v) is 14.7. The highest BCUT2D eigenvalue weighted by Gasteiger charge is 2.32. The quantitative estimate of drug-likeness (QED) is 0.470. The van der Waals surface area contributed by atoms with Gasteiger partial charge in [-0.3, -0.25) is 9.59 Å². The maximum atomic E-state index is 12.2. The van der Waals surface area contributed by atoms with Crippen molar-refractivity contribution in [1.82, 2.24) is 5.32 Å². The van der Waals surface area contributed by atoms with Gasteiger partial charge in [-0.25, -0.2) is 0 Å². The van der Waals surface area contributed by atoms with Crippen molar-refractivity contribution in [2.24, 2.45) is 10.2 Å². The van der Waals surface area contributed by atoms with Crippen LogP contribution >= 0.6 is 27.7 Å². The van der Waals surface area contributed by atoms with Crippen LogP contribution in [-0.4, -0.2) is 28.3 Å². The van der Waals surface area contributed by atoms with E-state index in [4.69, 9.17) is 4.42 Å². The molecule has 0 radical (unpaired) electrons. The lowest BCUT2D eigenvalue weighted by molar-refractivity contribution is -0.118. The zero-order chi connectivity index (χ0) is 16.9. The molecule has 1 saturated heterocycles. The van der Waals surface area contributed by atoms with Gasteiger partial charge in [-0.05, 0) is 24.3 Å². The molecule has 0 aliphatic carbocycles. The molecule has 2 aromatic rings. The topological polar surface area (TPSA) is 84.0 Å². The summed E-state index contributed by atoms with van der Waals surface area (Å²) >= 11 is 4.52. The molecular formula is C16H12BrN3O3S. The number of amides is 1. The van der Waals surface area contributed by atoms with Gasteiger partial charge in [0.05, 0.1) is 17.7 Å². The van der Waals surface area contributed by atoms with E-state index in [2.05, 4.69) is 31.4 Å². The summed E-state index contributed by atoms with van der Waals surface area (Å²) in [5, 5.41) is 10.3. The molecule has 1 fully saturated rings. The Balaban J connectivity index is 1.60. The van der Waals surface area contributed by atoms with Crippen molar-refractivity contribution >= 4 is 50.8 Å². The van der Waals surface area contributed by atoms with Gasteiger partial charge in [0.15, 0.2) is 11.0 Å². The van der Waals surface area contributed by atoms with Crippen LogP contribution in [0, 0.1) is 0 Å². The number of benzene rings is 1. The molecule has 0 saturated carbocycles. The van der Waals surface area contributed by atoms with E-state index < -0.39 is 5.25 Å². The molecule has 1 aromatic carbocycles. The number of nitrogens with zero attached hydrogens (tertiary/aromatic N) is 2. The number of ketones is 1. The van der Waals surface area contributed by atoms with E-state index in [0.29, 0.717) is 16.5 Å². The van der Waals surface area contributed by atoms with E-state index >= 15 is 0 Å². The van der Waals surface area contributed by atoms with Crippen molar-refractivity contribution < 1.29 is 14.0 Å². The van der Waals surface area contributed by atoms with Crippen LogP contribution in [0.5, 0.6) is 0 Å². The summed E-state index contributed by atoms with van der Waals surface area (Å²) in [6, 6.07) is 10.5. The van der Waals surface area contributed by atoms with Crippen LogP contribution in [0.15, 0.2) is 61.8 Å². The Bertz CT molecular complexity index is 800. The number of halogens is 1. The molecule has 1 atom stereocenters. The molecule has 1 aliphatic rings. The Kier molecular flexibility index (Phi) is 5.27. The van der Waals surface area contributed by atoms with Crippen LogP contribution in [0.2, 0.25) is 0 Å². The number of hydrogen-bond acceptors (Lipinski definition) is 6. The molecular weight excluding hydrogens is 394 g/mol. The van der Waals surface area contributed by atoms with E-state index in [1.165, 1.54) is 24.2 Å². The van der Waals surface area contributed by atoms with Crippen LogP contribution in [0.4, 0.5) is 0 Å². The highest BCUT2D eigenvalue weighted by Crippen LogP contribution is 2.24. The summed E-state index contributed by atoms with van der Waals surface area (Å²) in [5.41, 5.74) is 0.577. The van der Waals surface area contributed by atoms with Gasteiger partial charge in [0.25, 0.3) is 0 Å². The third-order valence-corrected chi connectivity index (χ3v) is 4.79. The minimum atomic E-state index is -0.501. The number of furan rings is 1. The minimum Gasteiger partial charge on any atom is -0.463 e. The van der Waals surface area contributed by atoms with Crippen molar-refractivity contribution in [3.8, 4) is 0 Å². The Hall–Kier alpha value is -2.19. The van der Waals surface area contributed by atoms with E-state index in [-0.39, 0.29) is 18.1 Å². The Labute approximate surface area is 150 Å². The maximum Gasteiger partial charge on any atom is 0.240 e. The second-order valence-corrected chi connectivity index (χ2v) is 7.00. The third kappa shape index (κ3) is 4.21. The summed E-state index contributed by atoms with van der Waals surface area (Å²) in [7, 11) is 0. The molecule has 24 heavy (non-hydrogen) atoms. The van der Waals surface area contributed by atoms with E-state index in [1.807, 2.05) is 0 Å². The molecule has 8 heteroatoms. The minimum absolute atomic E-state index is 0.0875. The summed E-state index contributed by atoms with van der Waals surface area (Å²) in [6.07, 6.45) is 3.09. The van der Waals surface area contributed by atoms with Crippen molar-refractivity contribution in [3.63, 3.8) is 0 Å². The van der Waals surface area contributed by atoms with Crippen molar-refractivity contribution in [2.45, 2.75) is 11.7 Å². The molecule has 2 heterocycles. The van der Waals surface area contributed by atoms with Gasteiger partial charge >= 0.3 is 0 Å². The van der Waals surface area contributed by atoms with Crippen molar-refractivity contribution in [3.05, 3.63) is 58.5 Å². The second kappa shape index (κ2) is 7.59. The maximum absolute atomic E-state index is 12.2. The molecule has 0 bridgehead atoms. The zero-order valence-electron chi connectivity index (χ0n) is 12.3. The number of amidine groups is 1. The number of Topliss-reactive ketones (excluding diaryl/α,β-unsaturated/α-hetero) is 1. The van der Waals surface area contributed by atoms with Crippen LogP contribution in [0.3, 0.4) is 0 Å². The number of rotatable bonds is 5. The predicted molar refractivity (Wildman–Crippen MR) is 96.3 cm³/mol. The van der Waals surface area contributed by atoms with E-state index in [9.17, 15) is 9.59 Å². The van der Waals surface area contributed by atoms with Crippen LogP contribution < -0.4 is 5.32 Å². The Morgan fingerprint density at radius 3 is 2.83 bits per heavy atom. The molecule has 3 rings (SSSR count). The summed E-state index contributed by atoms with van der Waals surface area (Å²) in [4.78, 5) is 24.2. The first-order valence-corrected chi connectivity index (χ1v) is 8.70. The average Bonchev–Trinajstić information content (AvgIpc) is 3.19. The van der Waals surface area contributed by atoms with E-state index in [0.717, 1.165) is 4.47 Å². The Morgan fingerprint density at radius 1 is 1.33 bits per heavy atom. The van der Waals surface area contributed by atoms with Gasteiger partial charge in [0, 0.05) is 16.5 Å². The smallest absolute Gasteiger partial charge is 0.240 e. The van der Waals surface area contributed by atoms with Gasteiger partial charge in [-0.15, -0.1) is 5.10 Å². The lowest BCUT2D eigenvalue weighted by Gasteiger charge is -2.04. The van der Waals surface area contributed by atoms with Crippen molar-refractivity contribution in [1.29, 1.82) is 0 Å². The summed E-state index contributed by atoms with van der Waals surface area (Å²) in [5.74, 6) is 0.239. The van der Waals surface area contributed by atoms with Crippen LogP contribution in [0.1, 0.15) is 22.5 Å². The molecule has 6 nitrogen and oxygen atoms in total. The standard InChI is InChI=1S/C16H12BrN3O3S/c17-11-5-3-10(4-6-11)13(21)8-14-15(22)19-16(24-14)20-18-9-12-2-1-7-23-12/h1-7,9,14H,8H2,(H,19,20,22)/b18-9-/t14-/m1/s1. The molecule has 0 spiro atoms. The molecule has 1 amide bonds. The highest BCUT2D eigenvalue weighted by molar-refractivity contribution is 9.10. The lowest BCUT2D eigenvalue weighted by atomic mass is 10.1. The fourth-order valence-corrected chi connectivity index (χ4v) is 3.20. The fraction of sp³-hybridized carbons (Fsp3) is 0.125. The van der Waals surface area contributed by atoms with Gasteiger partial charge in [-0.2, -0.15) is 5.10 Å².